The van der Waals surface area contributed by atoms with Gasteiger partial charge in [0.2, 0.25) is 0 Å². The van der Waals surface area contributed by atoms with Crippen LogP contribution in [0.5, 0.6) is 0 Å². The number of pyridine rings is 1. The Hall–Kier alpha value is -8.35. The molecule has 3 heterocycles. The van der Waals surface area contributed by atoms with Gasteiger partial charge >= 0.3 is 0 Å². The van der Waals surface area contributed by atoms with Crippen molar-refractivity contribution in [2.45, 2.75) is 0 Å². The molecule has 0 spiro atoms. The molecule has 0 saturated heterocycles. The molecular weight excluding hydrogens is 745 g/mol. The number of hydrogen-bond donors (Lipinski definition) is 0. The molecule has 286 valence electrons. The molecule has 0 bridgehead atoms. The Kier molecular flexibility index (Phi) is 9.06. The minimum Gasteiger partial charge on any atom is -0.291 e. The molecule has 0 unspecified atom stereocenters. The quantitative estimate of drug-likeness (QED) is 0.154. The van der Waals surface area contributed by atoms with Crippen molar-refractivity contribution in [1.82, 2.24) is 29.5 Å². The minimum absolute atomic E-state index is 0.625. The summed E-state index contributed by atoms with van der Waals surface area (Å²) < 4.78 is 2.19. The lowest BCUT2D eigenvalue weighted by molar-refractivity contribution is 1.07. The van der Waals surface area contributed by atoms with E-state index in [0.29, 0.717) is 17.5 Å². The van der Waals surface area contributed by atoms with Gasteiger partial charge < -0.3 is 0 Å². The fourth-order valence-electron chi connectivity index (χ4n) is 8.16. The van der Waals surface area contributed by atoms with E-state index in [0.717, 1.165) is 72.7 Å². The summed E-state index contributed by atoms with van der Waals surface area (Å²) in [6, 6.07) is 73.5. The Bertz CT molecular complexity index is 3330. The maximum Gasteiger partial charge on any atom is 0.164 e. The highest BCUT2D eigenvalue weighted by atomic mass is 15.1. The monoisotopic (exact) mass is 780 g/mol. The number of aromatic nitrogens is 6. The second-order valence-electron chi connectivity index (χ2n) is 14.9. The Morgan fingerprint density at radius 3 is 1.49 bits per heavy atom. The lowest BCUT2D eigenvalue weighted by atomic mass is 9.92. The number of fused-ring (bicyclic) bond motifs is 2. The van der Waals surface area contributed by atoms with Crippen molar-refractivity contribution in [3.05, 3.63) is 219 Å². The first-order valence-corrected chi connectivity index (χ1v) is 20.3. The summed E-state index contributed by atoms with van der Waals surface area (Å²) in [6.45, 7) is 0. The van der Waals surface area contributed by atoms with Crippen molar-refractivity contribution in [1.29, 1.82) is 0 Å². The van der Waals surface area contributed by atoms with Crippen LogP contribution in [0.25, 0.3) is 107 Å². The fourth-order valence-corrected chi connectivity index (χ4v) is 8.16. The van der Waals surface area contributed by atoms with E-state index >= 15 is 0 Å². The van der Waals surface area contributed by atoms with Gasteiger partial charge in [-0.15, -0.1) is 0 Å². The zero-order chi connectivity index (χ0) is 40.5. The van der Waals surface area contributed by atoms with Gasteiger partial charge in [-0.25, -0.2) is 19.9 Å². The van der Waals surface area contributed by atoms with Crippen LogP contribution in [0.4, 0.5) is 0 Å². The number of benzene rings is 8. The molecule has 0 radical (unpaired) electrons. The standard InChI is InChI=1S/C55H36N6/c1-3-14-37(15-4-1)42-18-13-19-43(36-42)54-59-52(40-16-5-2-6-17-40)58-53(60-54)41-27-25-38(26-28-41)45-33-34-46(48-21-8-7-20-47(45)48)39-29-31-44(32-30-39)61-51-24-10-9-22-49(51)57-55(61)50-23-11-12-35-56-50/h1-36H. The molecule has 0 aliphatic rings. The normalized spacial score (nSPS) is 11.3. The predicted octanol–water partition coefficient (Wildman–Crippen LogP) is 13.4. The molecule has 11 rings (SSSR count). The van der Waals surface area contributed by atoms with Crippen LogP contribution in [-0.2, 0) is 0 Å². The SMILES string of the molecule is c1ccc(-c2cccc(-c3nc(-c4ccccc4)nc(-c4ccc(-c5ccc(-c6ccc(-n7c(-c8ccccn8)nc8ccccc87)cc6)c6ccccc56)cc4)n3)c2)cc1. The average Bonchev–Trinajstić information content (AvgIpc) is 3.74. The van der Waals surface area contributed by atoms with Crippen molar-refractivity contribution >= 4 is 21.8 Å². The Morgan fingerprint density at radius 1 is 0.328 bits per heavy atom. The van der Waals surface area contributed by atoms with Gasteiger partial charge in [0.15, 0.2) is 23.3 Å². The van der Waals surface area contributed by atoms with Gasteiger partial charge in [0.05, 0.1) is 11.0 Å². The second-order valence-corrected chi connectivity index (χ2v) is 14.9. The van der Waals surface area contributed by atoms with Gasteiger partial charge in [0, 0.05) is 28.6 Å². The molecule has 0 atom stereocenters. The molecule has 0 aliphatic carbocycles. The molecular formula is C55H36N6. The van der Waals surface area contributed by atoms with E-state index in [1.165, 1.54) is 16.3 Å². The molecule has 6 heteroatoms. The van der Waals surface area contributed by atoms with Crippen molar-refractivity contribution in [3.8, 4) is 84.7 Å². The molecule has 8 aromatic carbocycles. The topological polar surface area (TPSA) is 69.4 Å². The molecule has 61 heavy (non-hydrogen) atoms. The van der Waals surface area contributed by atoms with E-state index in [2.05, 4.69) is 155 Å². The smallest absolute Gasteiger partial charge is 0.164 e. The van der Waals surface area contributed by atoms with Crippen LogP contribution in [0, 0.1) is 0 Å². The highest BCUT2D eigenvalue weighted by Crippen LogP contribution is 2.38. The van der Waals surface area contributed by atoms with Crippen molar-refractivity contribution in [3.63, 3.8) is 0 Å². The summed E-state index contributed by atoms with van der Waals surface area (Å²) in [7, 11) is 0. The third-order valence-corrected chi connectivity index (χ3v) is 11.2. The van der Waals surface area contributed by atoms with Crippen LogP contribution in [0.15, 0.2) is 219 Å². The molecule has 6 nitrogen and oxygen atoms in total. The first-order valence-electron chi connectivity index (χ1n) is 20.3. The third-order valence-electron chi connectivity index (χ3n) is 11.2. The number of nitrogens with zero attached hydrogens (tertiary/aromatic N) is 6. The van der Waals surface area contributed by atoms with Crippen LogP contribution in [0.2, 0.25) is 0 Å². The van der Waals surface area contributed by atoms with Crippen LogP contribution in [0.1, 0.15) is 0 Å². The predicted molar refractivity (Wildman–Crippen MR) is 248 cm³/mol. The summed E-state index contributed by atoms with van der Waals surface area (Å²) in [5.74, 6) is 2.71. The molecule has 0 amide bonds. The number of imidazole rings is 1. The van der Waals surface area contributed by atoms with Gasteiger partial charge in [-0.2, -0.15) is 0 Å². The summed E-state index contributed by atoms with van der Waals surface area (Å²) in [5.41, 5.74) is 13.5. The molecule has 0 fully saturated rings. The van der Waals surface area contributed by atoms with Crippen LogP contribution in [0.3, 0.4) is 0 Å². The first kappa shape index (κ1) is 35.8. The van der Waals surface area contributed by atoms with Crippen LogP contribution in [-0.4, -0.2) is 29.5 Å². The number of rotatable bonds is 8. The van der Waals surface area contributed by atoms with Gasteiger partial charge in [-0.05, 0) is 86.6 Å². The van der Waals surface area contributed by atoms with Gasteiger partial charge in [0.1, 0.15) is 5.69 Å². The molecule has 0 aliphatic heterocycles. The summed E-state index contributed by atoms with van der Waals surface area (Å²) in [6.07, 6.45) is 1.81. The third kappa shape index (κ3) is 6.82. The molecule has 0 saturated carbocycles. The van der Waals surface area contributed by atoms with E-state index in [9.17, 15) is 0 Å². The minimum atomic E-state index is 0.625. The van der Waals surface area contributed by atoms with E-state index in [1.54, 1.807) is 0 Å². The zero-order valence-electron chi connectivity index (χ0n) is 33.0. The lowest BCUT2D eigenvalue weighted by Gasteiger charge is -2.14. The molecule has 0 N–H and O–H groups in total. The average molecular weight is 781 g/mol. The van der Waals surface area contributed by atoms with E-state index < -0.39 is 0 Å². The van der Waals surface area contributed by atoms with Gasteiger partial charge in [0.25, 0.3) is 0 Å². The van der Waals surface area contributed by atoms with E-state index in [1.807, 2.05) is 72.9 Å². The Balaban J connectivity index is 0.939. The van der Waals surface area contributed by atoms with Gasteiger partial charge in [-0.3, -0.25) is 9.55 Å². The van der Waals surface area contributed by atoms with Crippen molar-refractivity contribution in [2.75, 3.05) is 0 Å². The fraction of sp³-hybridized carbons (Fsp3) is 0. The van der Waals surface area contributed by atoms with Crippen molar-refractivity contribution in [2.24, 2.45) is 0 Å². The molecule has 3 aromatic heterocycles. The second kappa shape index (κ2) is 15.4. The highest BCUT2D eigenvalue weighted by molar-refractivity contribution is 6.05. The first-order chi connectivity index (χ1) is 30.2. The number of hydrogen-bond acceptors (Lipinski definition) is 5. The van der Waals surface area contributed by atoms with Gasteiger partial charge in [-0.1, -0.05) is 170 Å². The van der Waals surface area contributed by atoms with E-state index in [4.69, 9.17) is 19.9 Å². The van der Waals surface area contributed by atoms with Crippen LogP contribution >= 0.6 is 0 Å². The Labute approximate surface area is 353 Å². The maximum absolute atomic E-state index is 5.06. The summed E-state index contributed by atoms with van der Waals surface area (Å²) in [4.78, 5) is 24.7. The zero-order valence-corrected chi connectivity index (χ0v) is 33.0. The summed E-state index contributed by atoms with van der Waals surface area (Å²) >= 11 is 0. The summed E-state index contributed by atoms with van der Waals surface area (Å²) in [5, 5.41) is 2.37. The highest BCUT2D eigenvalue weighted by Gasteiger charge is 2.17. The lowest BCUT2D eigenvalue weighted by Crippen LogP contribution is -2.00. The number of para-hydroxylation sites is 2. The largest absolute Gasteiger partial charge is 0.291 e. The van der Waals surface area contributed by atoms with Crippen molar-refractivity contribution < 1.29 is 0 Å². The maximum atomic E-state index is 5.06. The van der Waals surface area contributed by atoms with E-state index in [-0.39, 0.29) is 0 Å². The van der Waals surface area contributed by atoms with Crippen LogP contribution < -0.4 is 0 Å². The Morgan fingerprint density at radius 2 is 0.836 bits per heavy atom. The molecule has 11 aromatic rings.